The first-order valence-corrected chi connectivity index (χ1v) is 5.30. The molecule has 0 amide bonds. The molecule has 0 saturated carbocycles. The lowest BCUT2D eigenvalue weighted by Gasteiger charge is -2.08. The van der Waals surface area contributed by atoms with Gasteiger partial charge in [0.2, 0.25) is 0 Å². The fraction of sp³-hybridized carbons (Fsp3) is 0.167. The molecular weight excluding hydrogens is 218 g/mol. The summed E-state index contributed by atoms with van der Waals surface area (Å²) in [5.74, 6) is 0.773. The van der Waals surface area contributed by atoms with Crippen LogP contribution in [0.3, 0.4) is 0 Å². The van der Waals surface area contributed by atoms with Crippen molar-refractivity contribution in [3.05, 3.63) is 40.6 Å². The summed E-state index contributed by atoms with van der Waals surface area (Å²) < 4.78 is 6.63. The molecule has 1 aliphatic heterocycles. The first-order chi connectivity index (χ1) is 8.35. The molecule has 1 N–H and O–H groups in total. The molecule has 1 aromatic carbocycles. The molecule has 3 rings (SSSR count). The maximum atomic E-state index is 10.9. The van der Waals surface area contributed by atoms with E-state index < -0.39 is 0 Å². The summed E-state index contributed by atoms with van der Waals surface area (Å²) in [6.07, 6.45) is 3.82. The zero-order valence-corrected chi connectivity index (χ0v) is 9.30. The van der Waals surface area contributed by atoms with Gasteiger partial charge in [-0.25, -0.2) is 0 Å². The standard InChI is InChI=1S/C12H11N3O2/c1-17-8-2-3-11-10(6-8)9-4-5-13-7-12(9)15(11)14-16/h2-6,13H,7H2,1H3. The minimum Gasteiger partial charge on any atom is -0.497 e. The van der Waals surface area contributed by atoms with Crippen molar-refractivity contribution in [2.24, 2.45) is 5.29 Å². The van der Waals surface area contributed by atoms with Gasteiger partial charge < -0.3 is 10.1 Å². The molecule has 5 heteroatoms. The van der Waals surface area contributed by atoms with E-state index in [2.05, 4.69) is 10.6 Å². The number of nitroso groups, excluding NO2 is 1. The van der Waals surface area contributed by atoms with Crippen molar-refractivity contribution < 1.29 is 4.74 Å². The number of fused-ring (bicyclic) bond motifs is 3. The summed E-state index contributed by atoms with van der Waals surface area (Å²) in [7, 11) is 1.62. The molecule has 0 radical (unpaired) electrons. The molecule has 17 heavy (non-hydrogen) atoms. The number of nitrogens with zero attached hydrogens (tertiary/aromatic N) is 2. The Morgan fingerprint density at radius 3 is 3.12 bits per heavy atom. The molecule has 5 nitrogen and oxygen atoms in total. The van der Waals surface area contributed by atoms with Gasteiger partial charge in [-0.05, 0) is 30.5 Å². The molecule has 0 fully saturated rings. The van der Waals surface area contributed by atoms with Gasteiger partial charge in [0.25, 0.3) is 0 Å². The third-order valence-electron chi connectivity index (χ3n) is 3.01. The van der Waals surface area contributed by atoms with E-state index in [1.807, 2.05) is 30.5 Å². The van der Waals surface area contributed by atoms with Crippen molar-refractivity contribution >= 4 is 17.0 Å². The molecular formula is C12H11N3O2. The lowest BCUT2D eigenvalue weighted by atomic mass is 10.1. The van der Waals surface area contributed by atoms with E-state index in [-0.39, 0.29) is 0 Å². The highest BCUT2D eigenvalue weighted by Gasteiger charge is 2.18. The Labute approximate surface area is 97.6 Å². The molecule has 86 valence electrons. The first-order valence-electron chi connectivity index (χ1n) is 5.30. The van der Waals surface area contributed by atoms with Crippen molar-refractivity contribution in [2.45, 2.75) is 6.54 Å². The number of aromatic nitrogens is 1. The smallest absolute Gasteiger partial charge is 0.119 e. The predicted octanol–water partition coefficient (Wildman–Crippen LogP) is 2.25. The Kier molecular flexibility index (Phi) is 2.11. The van der Waals surface area contributed by atoms with Gasteiger partial charge in [-0.2, -0.15) is 4.68 Å². The Morgan fingerprint density at radius 1 is 1.47 bits per heavy atom. The highest BCUT2D eigenvalue weighted by molar-refractivity contribution is 5.92. The summed E-state index contributed by atoms with van der Waals surface area (Å²) in [5.41, 5.74) is 2.71. The van der Waals surface area contributed by atoms with E-state index in [9.17, 15) is 4.91 Å². The molecule has 2 aromatic rings. The monoisotopic (exact) mass is 229 g/mol. The van der Waals surface area contributed by atoms with Crippen LogP contribution >= 0.6 is 0 Å². The summed E-state index contributed by atoms with van der Waals surface area (Å²) in [6.45, 7) is 0.606. The van der Waals surface area contributed by atoms with E-state index in [1.165, 1.54) is 4.68 Å². The van der Waals surface area contributed by atoms with Gasteiger partial charge in [0.1, 0.15) is 5.75 Å². The Morgan fingerprint density at radius 2 is 2.35 bits per heavy atom. The largest absolute Gasteiger partial charge is 0.497 e. The van der Waals surface area contributed by atoms with Crippen LogP contribution in [0.2, 0.25) is 0 Å². The van der Waals surface area contributed by atoms with E-state index in [1.54, 1.807) is 7.11 Å². The molecule has 0 spiro atoms. The van der Waals surface area contributed by atoms with Crippen LogP contribution in [0.5, 0.6) is 5.75 Å². The van der Waals surface area contributed by atoms with Crippen molar-refractivity contribution in [2.75, 3.05) is 7.11 Å². The summed E-state index contributed by atoms with van der Waals surface area (Å²) in [6, 6.07) is 5.60. The zero-order chi connectivity index (χ0) is 11.8. The van der Waals surface area contributed by atoms with E-state index in [4.69, 9.17) is 4.74 Å². The van der Waals surface area contributed by atoms with E-state index in [0.717, 1.165) is 27.9 Å². The third-order valence-corrected chi connectivity index (χ3v) is 3.01. The number of nitrogens with one attached hydrogen (secondary N) is 1. The number of rotatable bonds is 2. The lowest BCUT2D eigenvalue weighted by molar-refractivity contribution is 0.415. The van der Waals surface area contributed by atoms with Crippen LogP contribution in [0.25, 0.3) is 17.0 Å². The van der Waals surface area contributed by atoms with Gasteiger partial charge in [0, 0.05) is 10.9 Å². The molecule has 0 saturated heterocycles. The van der Waals surface area contributed by atoms with Crippen LogP contribution in [0.1, 0.15) is 11.3 Å². The molecule has 0 atom stereocenters. The van der Waals surface area contributed by atoms with Gasteiger partial charge in [-0.1, -0.05) is 0 Å². The van der Waals surface area contributed by atoms with E-state index >= 15 is 0 Å². The number of hydrogen-bond donors (Lipinski definition) is 1. The fourth-order valence-corrected chi connectivity index (χ4v) is 2.20. The molecule has 1 aliphatic rings. The topological polar surface area (TPSA) is 55.6 Å². The molecule has 0 unspecified atom stereocenters. The van der Waals surface area contributed by atoms with Crippen LogP contribution in [0, 0.1) is 4.91 Å². The minimum atomic E-state index is 0.606. The first kappa shape index (κ1) is 9.89. The van der Waals surface area contributed by atoms with Crippen LogP contribution in [0.15, 0.2) is 29.7 Å². The van der Waals surface area contributed by atoms with Gasteiger partial charge >= 0.3 is 0 Å². The van der Waals surface area contributed by atoms with Crippen molar-refractivity contribution in [1.82, 2.24) is 9.99 Å². The van der Waals surface area contributed by atoms with Gasteiger partial charge in [-0.15, -0.1) is 4.91 Å². The highest BCUT2D eigenvalue weighted by Crippen LogP contribution is 2.31. The zero-order valence-electron chi connectivity index (χ0n) is 9.30. The summed E-state index contributed by atoms with van der Waals surface area (Å²) >= 11 is 0. The van der Waals surface area contributed by atoms with Crippen molar-refractivity contribution in [3.8, 4) is 5.75 Å². The summed E-state index contributed by atoms with van der Waals surface area (Å²) in [4.78, 5) is 10.9. The Hall–Kier alpha value is -2.30. The number of hydrogen-bond acceptors (Lipinski definition) is 4. The maximum absolute atomic E-state index is 10.9. The van der Waals surface area contributed by atoms with Crippen molar-refractivity contribution in [3.63, 3.8) is 0 Å². The van der Waals surface area contributed by atoms with Crippen LogP contribution in [-0.4, -0.2) is 11.8 Å². The Bertz CT molecular complexity index is 628. The SMILES string of the molecule is COc1ccc2c(c1)c1c(n2N=O)CNC=C1. The van der Waals surface area contributed by atoms with Gasteiger partial charge in [0.05, 0.1) is 30.2 Å². The van der Waals surface area contributed by atoms with Crippen LogP contribution in [-0.2, 0) is 6.54 Å². The van der Waals surface area contributed by atoms with Crippen LogP contribution < -0.4 is 10.1 Å². The average molecular weight is 229 g/mol. The quantitative estimate of drug-likeness (QED) is 0.803. The molecule has 0 bridgehead atoms. The Balaban J connectivity index is 2.39. The predicted molar refractivity (Wildman–Crippen MR) is 65.6 cm³/mol. The highest BCUT2D eigenvalue weighted by atomic mass is 16.5. The molecule has 1 aromatic heterocycles. The maximum Gasteiger partial charge on any atom is 0.119 e. The fourth-order valence-electron chi connectivity index (χ4n) is 2.20. The van der Waals surface area contributed by atoms with Gasteiger partial charge in [-0.3, -0.25) is 0 Å². The minimum absolute atomic E-state index is 0.606. The number of ether oxygens (including phenoxy) is 1. The molecule has 2 heterocycles. The van der Waals surface area contributed by atoms with Crippen molar-refractivity contribution in [1.29, 1.82) is 0 Å². The number of benzene rings is 1. The van der Waals surface area contributed by atoms with Crippen LogP contribution in [0.4, 0.5) is 0 Å². The second-order valence-corrected chi connectivity index (χ2v) is 3.85. The average Bonchev–Trinajstić information content (AvgIpc) is 2.71. The second kappa shape index (κ2) is 3.62. The second-order valence-electron chi connectivity index (χ2n) is 3.85. The number of methoxy groups -OCH3 is 1. The van der Waals surface area contributed by atoms with Gasteiger partial charge in [0.15, 0.2) is 0 Å². The van der Waals surface area contributed by atoms with E-state index in [0.29, 0.717) is 6.54 Å². The lowest BCUT2D eigenvalue weighted by Crippen LogP contribution is -2.12. The normalized spacial score (nSPS) is 13.2. The third kappa shape index (κ3) is 1.32. The summed E-state index contributed by atoms with van der Waals surface area (Å²) in [5, 5.41) is 7.14. The molecule has 0 aliphatic carbocycles.